The average molecular weight is 341 g/mol. The summed E-state index contributed by atoms with van der Waals surface area (Å²) in [6.07, 6.45) is -0.0929. The minimum Gasteiger partial charge on any atom is -0.391 e. The number of ether oxygens (including phenoxy) is 1. The Morgan fingerprint density at radius 1 is 1.50 bits per heavy atom. The molecule has 0 saturated carbocycles. The zero-order chi connectivity index (χ0) is 14.5. The summed E-state index contributed by atoms with van der Waals surface area (Å²) in [5.41, 5.74) is 1.42. The minimum absolute atomic E-state index is 0.179. The largest absolute Gasteiger partial charge is 0.391 e. The van der Waals surface area contributed by atoms with Gasteiger partial charge < -0.3 is 20.1 Å². The number of amides is 1. The first kappa shape index (κ1) is 15.0. The van der Waals surface area contributed by atoms with E-state index in [1.165, 1.54) is 7.11 Å². The maximum Gasteiger partial charge on any atom is 0.267 e. The highest BCUT2D eigenvalue weighted by molar-refractivity contribution is 9.10. The third kappa shape index (κ3) is 3.82. The number of aliphatic hydroxyl groups is 1. The lowest BCUT2D eigenvalue weighted by Gasteiger charge is -2.09. The number of carbonyl (C=O) groups is 1. The van der Waals surface area contributed by atoms with Crippen LogP contribution >= 0.6 is 15.9 Å². The number of hydrogen-bond acceptors (Lipinski definition) is 3. The van der Waals surface area contributed by atoms with Gasteiger partial charge in [0.2, 0.25) is 0 Å². The molecule has 0 bridgehead atoms. The van der Waals surface area contributed by atoms with Crippen LogP contribution < -0.4 is 5.32 Å². The molecule has 1 amide bonds. The minimum atomic E-state index is -0.557. The molecule has 108 valence electrons. The highest BCUT2D eigenvalue weighted by atomic mass is 79.9. The van der Waals surface area contributed by atoms with Crippen molar-refractivity contribution in [3.63, 3.8) is 0 Å². The first-order valence-corrected chi connectivity index (χ1v) is 7.13. The number of aliphatic hydroxyl groups excluding tert-OH is 1. The molecule has 0 aliphatic heterocycles. The Bertz CT molecular complexity index is 597. The highest BCUT2D eigenvalue weighted by Gasteiger charge is 2.10. The number of methoxy groups -OCH3 is 1. The first-order chi connectivity index (χ1) is 9.60. The van der Waals surface area contributed by atoms with E-state index in [9.17, 15) is 9.90 Å². The molecular formula is C14H17BrN2O3. The van der Waals surface area contributed by atoms with Crippen molar-refractivity contribution >= 4 is 32.7 Å². The van der Waals surface area contributed by atoms with Gasteiger partial charge in [0.15, 0.2) is 0 Å². The molecule has 6 heteroatoms. The quantitative estimate of drug-likeness (QED) is 0.753. The molecule has 0 radical (unpaired) electrons. The molecule has 1 atom stereocenters. The van der Waals surface area contributed by atoms with Crippen LogP contribution in [-0.4, -0.2) is 42.4 Å². The number of aromatic nitrogens is 1. The smallest absolute Gasteiger partial charge is 0.267 e. The summed E-state index contributed by atoms with van der Waals surface area (Å²) in [6, 6.07) is 7.60. The number of halogens is 1. The van der Waals surface area contributed by atoms with Crippen LogP contribution in [0.2, 0.25) is 0 Å². The molecule has 2 rings (SSSR count). The molecule has 0 aliphatic carbocycles. The lowest BCUT2D eigenvalue weighted by atomic mass is 10.2. The Morgan fingerprint density at radius 2 is 2.30 bits per heavy atom. The maximum absolute atomic E-state index is 12.0. The molecule has 0 spiro atoms. The van der Waals surface area contributed by atoms with E-state index >= 15 is 0 Å². The molecule has 1 aromatic heterocycles. The predicted octanol–water partition coefficient (Wildman–Crippen LogP) is 2.06. The first-order valence-electron chi connectivity index (χ1n) is 6.33. The Hall–Kier alpha value is -1.37. The van der Waals surface area contributed by atoms with Gasteiger partial charge in [0.1, 0.15) is 5.69 Å². The van der Waals surface area contributed by atoms with Gasteiger partial charge in [-0.05, 0) is 24.6 Å². The van der Waals surface area contributed by atoms with Gasteiger partial charge in [0.25, 0.3) is 5.91 Å². The molecule has 5 nitrogen and oxygen atoms in total. The van der Waals surface area contributed by atoms with Gasteiger partial charge in [-0.2, -0.15) is 0 Å². The summed E-state index contributed by atoms with van der Waals surface area (Å²) in [7, 11) is 1.53. The zero-order valence-electron chi connectivity index (χ0n) is 11.1. The fourth-order valence-electron chi connectivity index (χ4n) is 1.94. The van der Waals surface area contributed by atoms with Gasteiger partial charge in [0, 0.05) is 29.0 Å². The standard InChI is InChI=1S/C14H17BrN2O3/c1-20-8-11(18)4-5-16-14(19)13-6-9-2-3-10(15)7-12(9)17-13/h2-3,6-7,11,17-18H,4-5,8H2,1H3,(H,16,19). The molecule has 0 saturated heterocycles. The number of fused-ring (bicyclic) bond motifs is 1. The van der Waals surface area contributed by atoms with E-state index in [4.69, 9.17) is 4.74 Å². The Morgan fingerprint density at radius 3 is 3.05 bits per heavy atom. The summed E-state index contributed by atoms with van der Waals surface area (Å²) < 4.78 is 5.78. The molecule has 1 aromatic carbocycles. The van der Waals surface area contributed by atoms with Crippen molar-refractivity contribution in [1.29, 1.82) is 0 Å². The van der Waals surface area contributed by atoms with Gasteiger partial charge in [-0.3, -0.25) is 4.79 Å². The molecule has 1 unspecified atom stereocenters. The van der Waals surface area contributed by atoms with Gasteiger partial charge in [0.05, 0.1) is 12.7 Å². The van der Waals surface area contributed by atoms with E-state index in [0.717, 1.165) is 15.4 Å². The van der Waals surface area contributed by atoms with Crippen LogP contribution in [0.15, 0.2) is 28.7 Å². The SMILES string of the molecule is COCC(O)CCNC(=O)c1cc2ccc(Br)cc2[nH]1. The summed E-state index contributed by atoms with van der Waals surface area (Å²) in [4.78, 5) is 15.0. The molecular weight excluding hydrogens is 324 g/mol. The Balaban J connectivity index is 1.94. The number of benzene rings is 1. The number of nitrogens with one attached hydrogen (secondary N) is 2. The lowest BCUT2D eigenvalue weighted by molar-refractivity contribution is 0.0587. The topological polar surface area (TPSA) is 74.3 Å². The maximum atomic E-state index is 12.0. The van der Waals surface area contributed by atoms with E-state index < -0.39 is 6.10 Å². The fraction of sp³-hybridized carbons (Fsp3) is 0.357. The van der Waals surface area contributed by atoms with E-state index in [-0.39, 0.29) is 12.5 Å². The third-order valence-electron chi connectivity index (χ3n) is 2.95. The lowest BCUT2D eigenvalue weighted by Crippen LogP contribution is -2.28. The van der Waals surface area contributed by atoms with E-state index in [1.807, 2.05) is 24.3 Å². The second-order valence-corrected chi connectivity index (χ2v) is 5.48. The molecule has 0 aliphatic rings. The molecule has 1 heterocycles. The van der Waals surface area contributed by atoms with Gasteiger partial charge >= 0.3 is 0 Å². The number of carbonyl (C=O) groups excluding carboxylic acids is 1. The molecule has 3 N–H and O–H groups in total. The zero-order valence-corrected chi connectivity index (χ0v) is 12.7. The van der Waals surface area contributed by atoms with Crippen molar-refractivity contribution in [2.75, 3.05) is 20.3 Å². The van der Waals surface area contributed by atoms with Crippen LogP contribution in [0.1, 0.15) is 16.9 Å². The number of H-pyrrole nitrogens is 1. The monoisotopic (exact) mass is 340 g/mol. The summed E-state index contributed by atoms with van der Waals surface area (Å²) in [5.74, 6) is -0.179. The predicted molar refractivity (Wildman–Crippen MR) is 80.8 cm³/mol. The van der Waals surface area contributed by atoms with E-state index in [1.54, 1.807) is 0 Å². The Kier molecular flexibility index (Phi) is 5.17. The average Bonchev–Trinajstić information content (AvgIpc) is 2.82. The van der Waals surface area contributed by atoms with Crippen molar-refractivity contribution in [1.82, 2.24) is 10.3 Å². The van der Waals surface area contributed by atoms with Crippen molar-refractivity contribution in [3.05, 3.63) is 34.4 Å². The van der Waals surface area contributed by atoms with Crippen molar-refractivity contribution < 1.29 is 14.6 Å². The van der Waals surface area contributed by atoms with Gasteiger partial charge in [-0.1, -0.05) is 22.0 Å². The third-order valence-corrected chi connectivity index (χ3v) is 3.44. The number of hydrogen-bond donors (Lipinski definition) is 3. The summed E-state index contributed by atoms with van der Waals surface area (Å²) >= 11 is 3.39. The van der Waals surface area contributed by atoms with Crippen molar-refractivity contribution in [3.8, 4) is 0 Å². The highest BCUT2D eigenvalue weighted by Crippen LogP contribution is 2.20. The van der Waals surface area contributed by atoms with Crippen LogP contribution in [0.4, 0.5) is 0 Å². The normalized spacial score (nSPS) is 12.6. The molecule has 2 aromatic rings. The second kappa shape index (κ2) is 6.88. The van der Waals surface area contributed by atoms with E-state index in [0.29, 0.717) is 18.7 Å². The van der Waals surface area contributed by atoms with Crippen molar-refractivity contribution in [2.24, 2.45) is 0 Å². The number of aromatic amines is 1. The van der Waals surface area contributed by atoms with E-state index in [2.05, 4.69) is 26.2 Å². The summed E-state index contributed by atoms with van der Waals surface area (Å²) in [5, 5.41) is 13.2. The van der Waals surface area contributed by atoms with Crippen LogP contribution in [0.5, 0.6) is 0 Å². The van der Waals surface area contributed by atoms with Crippen LogP contribution in [-0.2, 0) is 4.74 Å². The fourth-order valence-corrected chi connectivity index (χ4v) is 2.31. The second-order valence-electron chi connectivity index (χ2n) is 4.57. The van der Waals surface area contributed by atoms with Crippen LogP contribution in [0, 0.1) is 0 Å². The van der Waals surface area contributed by atoms with Crippen molar-refractivity contribution in [2.45, 2.75) is 12.5 Å². The molecule has 20 heavy (non-hydrogen) atoms. The Labute approximate surface area is 125 Å². The van der Waals surface area contributed by atoms with Gasteiger partial charge in [-0.15, -0.1) is 0 Å². The summed E-state index contributed by atoms with van der Waals surface area (Å²) in [6.45, 7) is 0.679. The van der Waals surface area contributed by atoms with Crippen LogP contribution in [0.3, 0.4) is 0 Å². The van der Waals surface area contributed by atoms with Gasteiger partial charge in [-0.25, -0.2) is 0 Å². The number of rotatable bonds is 6. The van der Waals surface area contributed by atoms with Crippen LogP contribution in [0.25, 0.3) is 10.9 Å². The molecule has 0 fully saturated rings.